The Morgan fingerprint density at radius 2 is 1.78 bits per heavy atom. The fraction of sp³-hybridized carbons (Fsp3) is 0.741. The van der Waals surface area contributed by atoms with Crippen LogP contribution in [0.5, 0.6) is 0 Å². The predicted octanol–water partition coefficient (Wildman–Crippen LogP) is 5.19. The zero-order valence-corrected chi connectivity index (χ0v) is 19.6. The van der Waals surface area contributed by atoms with E-state index in [0.717, 1.165) is 37.7 Å². The third-order valence-electron chi connectivity index (χ3n) is 10.1. The molecule has 5 fully saturated rings. The summed E-state index contributed by atoms with van der Waals surface area (Å²) in [5, 5.41) is 0. The van der Waals surface area contributed by atoms with Crippen LogP contribution < -0.4 is 0 Å². The lowest BCUT2D eigenvalue weighted by molar-refractivity contribution is -0.331. The molecular weight excluding hydrogens is 404 g/mol. The molecule has 2 spiro atoms. The van der Waals surface area contributed by atoms with Gasteiger partial charge in [0.2, 0.25) is 0 Å². The maximum atomic E-state index is 12.0. The summed E-state index contributed by atoms with van der Waals surface area (Å²) in [5.74, 6) is 0.834. The number of fused-ring (bicyclic) bond motifs is 4. The minimum absolute atomic E-state index is 0.0352. The summed E-state index contributed by atoms with van der Waals surface area (Å²) in [6, 6.07) is 10.3. The van der Waals surface area contributed by atoms with E-state index in [2.05, 4.69) is 32.9 Å². The second kappa shape index (κ2) is 7.04. The van der Waals surface area contributed by atoms with Crippen molar-refractivity contribution >= 4 is 5.97 Å². The zero-order chi connectivity index (χ0) is 22.2. The number of hydrogen-bond donors (Lipinski definition) is 0. The van der Waals surface area contributed by atoms with Crippen molar-refractivity contribution in [1.29, 1.82) is 0 Å². The summed E-state index contributed by atoms with van der Waals surface area (Å²) < 4.78 is 25.5. The van der Waals surface area contributed by atoms with Crippen LogP contribution in [0.2, 0.25) is 0 Å². The van der Waals surface area contributed by atoms with Gasteiger partial charge in [-0.15, -0.1) is 0 Å². The van der Waals surface area contributed by atoms with Gasteiger partial charge in [-0.3, -0.25) is 4.79 Å². The van der Waals surface area contributed by atoms with Crippen LogP contribution in [0, 0.1) is 22.7 Å². The maximum Gasteiger partial charge on any atom is 0.308 e. The molecule has 0 N–H and O–H groups in total. The summed E-state index contributed by atoms with van der Waals surface area (Å²) in [6.07, 6.45) is 6.72. The van der Waals surface area contributed by atoms with Crippen molar-refractivity contribution in [2.75, 3.05) is 13.2 Å². The second-order valence-electron chi connectivity index (χ2n) is 11.7. The molecule has 0 amide bonds. The lowest BCUT2D eigenvalue weighted by Crippen LogP contribution is -2.67. The highest BCUT2D eigenvalue weighted by Crippen LogP contribution is 2.69. The smallest absolute Gasteiger partial charge is 0.308 e. The molecule has 5 aliphatic rings. The molecule has 0 bridgehead atoms. The molecule has 1 aromatic rings. The fourth-order valence-corrected chi connectivity index (χ4v) is 8.35. The number of esters is 1. The normalized spacial score (nSPS) is 50.3. The fourth-order valence-electron chi connectivity index (χ4n) is 8.35. The number of carbonyl (C=O) groups is 1. The van der Waals surface area contributed by atoms with Gasteiger partial charge in [0.25, 0.3) is 0 Å². The maximum absolute atomic E-state index is 12.0. The molecule has 8 atom stereocenters. The molecule has 3 heterocycles. The Morgan fingerprint density at radius 1 is 0.969 bits per heavy atom. The van der Waals surface area contributed by atoms with E-state index in [1.165, 1.54) is 6.42 Å². The van der Waals surface area contributed by atoms with Gasteiger partial charge in [-0.1, -0.05) is 51.1 Å². The van der Waals surface area contributed by atoms with Gasteiger partial charge < -0.3 is 18.9 Å². The Bertz CT molecular complexity index is 903. The molecule has 32 heavy (non-hydrogen) atoms. The van der Waals surface area contributed by atoms with Crippen molar-refractivity contribution in [1.82, 2.24) is 0 Å². The summed E-state index contributed by atoms with van der Waals surface area (Å²) in [7, 11) is 0. The van der Waals surface area contributed by atoms with Crippen molar-refractivity contribution < 1.29 is 23.7 Å². The molecule has 0 aromatic heterocycles. The van der Waals surface area contributed by atoms with Gasteiger partial charge in [-0.25, -0.2) is 0 Å². The Kier molecular flexibility index (Phi) is 4.65. The SMILES string of the molecule is C[C@H]1CC[C@H]2[C@]3(C)CO[C@@H](c4ccccc4)O[C@@H]3CC[C@]2(C)[C@]12CC[C@]1(COC(=O)C1)O2. The second-order valence-corrected chi connectivity index (χ2v) is 11.7. The molecular formula is C27H36O5. The van der Waals surface area contributed by atoms with E-state index >= 15 is 0 Å². The van der Waals surface area contributed by atoms with Crippen LogP contribution in [-0.2, 0) is 23.7 Å². The highest BCUT2D eigenvalue weighted by atomic mass is 16.7. The van der Waals surface area contributed by atoms with Gasteiger partial charge in [-0.05, 0) is 50.4 Å². The molecule has 6 rings (SSSR count). The molecule has 3 saturated heterocycles. The average Bonchev–Trinajstić information content (AvgIpc) is 3.35. The van der Waals surface area contributed by atoms with Crippen LogP contribution in [0.25, 0.3) is 0 Å². The molecule has 0 unspecified atom stereocenters. The first kappa shape index (κ1) is 21.1. The van der Waals surface area contributed by atoms with Gasteiger partial charge >= 0.3 is 5.97 Å². The molecule has 3 aliphatic heterocycles. The van der Waals surface area contributed by atoms with Crippen molar-refractivity contribution in [3.63, 3.8) is 0 Å². The van der Waals surface area contributed by atoms with Crippen LogP contribution >= 0.6 is 0 Å². The van der Waals surface area contributed by atoms with Crippen LogP contribution in [0.4, 0.5) is 0 Å². The third-order valence-corrected chi connectivity index (χ3v) is 10.1. The molecule has 0 radical (unpaired) electrons. The number of cyclic esters (lactones) is 1. The number of rotatable bonds is 1. The van der Waals surface area contributed by atoms with Crippen LogP contribution in [0.3, 0.4) is 0 Å². The van der Waals surface area contributed by atoms with E-state index in [1.807, 2.05) is 18.2 Å². The van der Waals surface area contributed by atoms with Crippen molar-refractivity contribution in [3.8, 4) is 0 Å². The first-order chi connectivity index (χ1) is 15.3. The van der Waals surface area contributed by atoms with Gasteiger partial charge in [0, 0.05) is 16.4 Å². The van der Waals surface area contributed by atoms with E-state index in [1.54, 1.807) is 0 Å². The predicted molar refractivity (Wildman–Crippen MR) is 119 cm³/mol. The van der Waals surface area contributed by atoms with Gasteiger partial charge in [0.15, 0.2) is 6.29 Å². The van der Waals surface area contributed by atoms with Gasteiger partial charge in [-0.2, -0.15) is 0 Å². The minimum atomic E-state index is -0.411. The summed E-state index contributed by atoms with van der Waals surface area (Å²) in [5.41, 5.74) is 0.493. The summed E-state index contributed by atoms with van der Waals surface area (Å²) >= 11 is 0. The monoisotopic (exact) mass is 440 g/mol. The largest absolute Gasteiger partial charge is 0.463 e. The van der Waals surface area contributed by atoms with Crippen LogP contribution in [0.1, 0.15) is 77.6 Å². The van der Waals surface area contributed by atoms with Crippen molar-refractivity contribution in [2.45, 2.75) is 89.3 Å². The van der Waals surface area contributed by atoms with E-state index in [9.17, 15) is 4.79 Å². The average molecular weight is 441 g/mol. The van der Waals surface area contributed by atoms with Crippen LogP contribution in [0.15, 0.2) is 30.3 Å². The molecule has 2 aliphatic carbocycles. The first-order valence-corrected chi connectivity index (χ1v) is 12.5. The zero-order valence-electron chi connectivity index (χ0n) is 19.6. The number of benzene rings is 1. The van der Waals surface area contributed by atoms with Gasteiger partial charge in [0.05, 0.1) is 24.7 Å². The third kappa shape index (κ3) is 2.77. The number of ether oxygens (including phenoxy) is 4. The van der Waals surface area contributed by atoms with Crippen molar-refractivity contribution in [3.05, 3.63) is 35.9 Å². The molecule has 2 saturated carbocycles. The Hall–Kier alpha value is -1.43. The molecule has 1 aromatic carbocycles. The van der Waals surface area contributed by atoms with Crippen molar-refractivity contribution in [2.24, 2.45) is 22.7 Å². The molecule has 174 valence electrons. The lowest BCUT2D eigenvalue weighted by Gasteiger charge is -2.66. The number of hydrogen-bond acceptors (Lipinski definition) is 5. The van der Waals surface area contributed by atoms with E-state index in [4.69, 9.17) is 18.9 Å². The van der Waals surface area contributed by atoms with E-state index in [0.29, 0.717) is 31.5 Å². The number of carbonyl (C=O) groups excluding carboxylic acids is 1. The Morgan fingerprint density at radius 3 is 2.53 bits per heavy atom. The molecule has 5 nitrogen and oxygen atoms in total. The van der Waals surface area contributed by atoms with Gasteiger partial charge in [0.1, 0.15) is 12.2 Å². The standard InChI is InChI=1S/C27H36O5/c1-18-9-10-20-24(2)16-30-23(19-7-5-4-6-8-19)31-21(24)11-12-25(20,3)27(18)14-13-26(32-27)15-22(28)29-17-26/h4-8,18,20-21,23H,9-17H2,1-3H3/t18-,20-,21+,23+,24-,25-,26-,27-/m0/s1. The van der Waals surface area contributed by atoms with E-state index in [-0.39, 0.29) is 34.8 Å². The summed E-state index contributed by atoms with van der Waals surface area (Å²) in [6.45, 7) is 8.36. The highest BCUT2D eigenvalue weighted by molar-refractivity contribution is 5.73. The summed E-state index contributed by atoms with van der Waals surface area (Å²) in [4.78, 5) is 12.0. The lowest BCUT2D eigenvalue weighted by atomic mass is 9.43. The Labute approximate surface area is 191 Å². The highest BCUT2D eigenvalue weighted by Gasteiger charge is 2.70. The first-order valence-electron chi connectivity index (χ1n) is 12.5. The van der Waals surface area contributed by atoms with E-state index < -0.39 is 5.60 Å². The quantitative estimate of drug-likeness (QED) is 0.563. The topological polar surface area (TPSA) is 54.0 Å². The molecule has 5 heteroatoms. The Balaban J connectivity index is 1.30. The minimum Gasteiger partial charge on any atom is -0.463 e. The van der Waals surface area contributed by atoms with Crippen LogP contribution in [-0.4, -0.2) is 36.5 Å².